The van der Waals surface area contributed by atoms with E-state index in [1.54, 1.807) is 11.6 Å². The fraction of sp³-hybridized carbons (Fsp3) is 0.833. The van der Waals surface area contributed by atoms with Gasteiger partial charge in [0.15, 0.2) is 0 Å². The van der Waals surface area contributed by atoms with E-state index in [0.29, 0.717) is 17.6 Å². The number of nitrogens with zero attached hydrogens (tertiary/aromatic N) is 4. The summed E-state index contributed by atoms with van der Waals surface area (Å²) in [5.74, 6) is 0.145. The van der Waals surface area contributed by atoms with Crippen molar-refractivity contribution in [3.63, 3.8) is 0 Å². The summed E-state index contributed by atoms with van der Waals surface area (Å²) < 4.78 is 1.78. The molecule has 1 atom stereocenters. The first-order valence-electron chi connectivity index (χ1n) is 6.91. The van der Waals surface area contributed by atoms with E-state index in [-0.39, 0.29) is 18.2 Å². The molecule has 0 aromatic carbocycles. The second-order valence-corrected chi connectivity index (χ2v) is 6.39. The van der Waals surface area contributed by atoms with E-state index in [1.165, 1.54) is 11.8 Å². The van der Waals surface area contributed by atoms with Gasteiger partial charge in [-0.05, 0) is 36.6 Å². The predicted molar refractivity (Wildman–Crippen MR) is 75.4 cm³/mol. The number of carbonyl (C=O) groups is 1. The molecule has 7 nitrogen and oxygen atoms in total. The van der Waals surface area contributed by atoms with Crippen molar-refractivity contribution in [1.29, 1.82) is 0 Å². The topological polar surface area (TPSA) is 92.9 Å². The average Bonchev–Trinajstić information content (AvgIpc) is 3.13. The van der Waals surface area contributed by atoms with Gasteiger partial charge in [-0.25, -0.2) is 4.68 Å². The molecule has 0 saturated heterocycles. The van der Waals surface area contributed by atoms with Crippen LogP contribution in [0.15, 0.2) is 5.16 Å². The Bertz CT molecular complexity index is 458. The number of amides is 1. The average molecular weight is 299 g/mol. The Labute approximate surface area is 122 Å². The van der Waals surface area contributed by atoms with Gasteiger partial charge in [0.2, 0.25) is 11.1 Å². The first-order valence-corrected chi connectivity index (χ1v) is 7.90. The van der Waals surface area contributed by atoms with Crippen molar-refractivity contribution in [2.75, 3.05) is 12.3 Å². The molecule has 1 aliphatic carbocycles. The highest BCUT2D eigenvalue weighted by Crippen LogP contribution is 2.36. The Balaban J connectivity index is 1.73. The third-order valence-electron chi connectivity index (χ3n) is 3.14. The normalized spacial score (nSPS) is 17.8. The quantitative estimate of drug-likeness (QED) is 0.689. The molecular weight excluding hydrogens is 278 g/mol. The fourth-order valence-electron chi connectivity index (χ4n) is 1.93. The molecular formula is C12H21N5O2S. The molecule has 1 amide bonds. The van der Waals surface area contributed by atoms with Crippen LogP contribution >= 0.6 is 11.8 Å². The minimum Gasteiger partial charge on any atom is -0.388 e. The highest BCUT2D eigenvalue weighted by Gasteiger charge is 2.28. The Morgan fingerprint density at radius 2 is 2.35 bits per heavy atom. The number of hydrogen-bond acceptors (Lipinski definition) is 6. The third-order valence-corrected chi connectivity index (χ3v) is 4.08. The van der Waals surface area contributed by atoms with Crippen LogP contribution in [0.25, 0.3) is 0 Å². The van der Waals surface area contributed by atoms with Crippen molar-refractivity contribution in [2.24, 2.45) is 0 Å². The van der Waals surface area contributed by atoms with E-state index in [2.05, 4.69) is 20.8 Å². The molecule has 1 saturated carbocycles. The molecule has 8 heteroatoms. The number of carbonyl (C=O) groups excluding carboxylic acids is 1. The van der Waals surface area contributed by atoms with Crippen molar-refractivity contribution < 1.29 is 9.90 Å². The lowest BCUT2D eigenvalue weighted by Crippen LogP contribution is -2.41. The summed E-state index contributed by atoms with van der Waals surface area (Å²) in [6.45, 7) is 4.01. The molecule has 2 rings (SSSR count). The minimum atomic E-state index is -0.843. The van der Waals surface area contributed by atoms with Crippen molar-refractivity contribution in [3.05, 3.63) is 0 Å². The number of thioether (sulfide) groups is 1. The van der Waals surface area contributed by atoms with Gasteiger partial charge in [0.05, 0.1) is 17.4 Å². The highest BCUT2D eigenvalue weighted by molar-refractivity contribution is 7.99. The lowest BCUT2D eigenvalue weighted by molar-refractivity contribution is -0.119. The lowest BCUT2D eigenvalue weighted by atomic mass is 10.0. The van der Waals surface area contributed by atoms with Crippen LogP contribution in [-0.2, 0) is 4.79 Å². The van der Waals surface area contributed by atoms with Gasteiger partial charge >= 0.3 is 0 Å². The first-order chi connectivity index (χ1) is 9.52. The number of aliphatic hydroxyl groups is 1. The second kappa shape index (κ2) is 6.53. The van der Waals surface area contributed by atoms with E-state index in [0.717, 1.165) is 19.3 Å². The Kier molecular flexibility index (Phi) is 4.98. The largest absolute Gasteiger partial charge is 0.388 e. The van der Waals surface area contributed by atoms with Crippen LogP contribution in [-0.4, -0.2) is 49.1 Å². The van der Waals surface area contributed by atoms with Gasteiger partial charge in [-0.15, -0.1) is 5.10 Å². The van der Waals surface area contributed by atoms with Gasteiger partial charge in [-0.2, -0.15) is 0 Å². The lowest BCUT2D eigenvalue weighted by Gasteiger charge is -2.22. The standard InChI is InChI=1S/C12H21N5O2S/c1-3-6-12(2,19)8-13-10(18)7-20-11-14-15-16-17(11)9-4-5-9/h9,19H,3-8H2,1-2H3,(H,13,18). The summed E-state index contributed by atoms with van der Waals surface area (Å²) in [6.07, 6.45) is 3.75. The van der Waals surface area contributed by atoms with Gasteiger partial charge in [0.1, 0.15) is 0 Å². The maximum absolute atomic E-state index is 11.8. The molecule has 0 bridgehead atoms. The molecule has 0 radical (unpaired) electrons. The van der Waals surface area contributed by atoms with Crippen LogP contribution in [0.4, 0.5) is 0 Å². The summed E-state index contributed by atoms with van der Waals surface area (Å²) >= 11 is 1.33. The molecule has 1 fully saturated rings. The van der Waals surface area contributed by atoms with E-state index in [4.69, 9.17) is 0 Å². The minimum absolute atomic E-state index is 0.114. The summed E-state index contributed by atoms with van der Waals surface area (Å²) in [6, 6.07) is 0.404. The van der Waals surface area contributed by atoms with E-state index < -0.39 is 5.60 Å². The second-order valence-electron chi connectivity index (χ2n) is 5.45. The molecule has 1 aromatic heterocycles. The summed E-state index contributed by atoms with van der Waals surface area (Å²) in [7, 11) is 0. The summed E-state index contributed by atoms with van der Waals surface area (Å²) in [4.78, 5) is 11.8. The number of rotatable bonds is 8. The third kappa shape index (κ3) is 4.45. The van der Waals surface area contributed by atoms with Gasteiger partial charge < -0.3 is 10.4 Å². The molecule has 1 aliphatic rings. The van der Waals surface area contributed by atoms with Crippen molar-refractivity contribution in [2.45, 2.75) is 56.3 Å². The van der Waals surface area contributed by atoms with Crippen LogP contribution in [0.5, 0.6) is 0 Å². The first kappa shape index (κ1) is 15.2. The zero-order valence-electron chi connectivity index (χ0n) is 11.9. The van der Waals surface area contributed by atoms with Crippen molar-refractivity contribution in [3.8, 4) is 0 Å². The van der Waals surface area contributed by atoms with Crippen LogP contribution in [0, 0.1) is 0 Å². The number of tetrazole rings is 1. The molecule has 2 N–H and O–H groups in total. The summed E-state index contributed by atoms with van der Waals surface area (Å²) in [5, 5.41) is 24.9. The fourth-order valence-corrected chi connectivity index (χ4v) is 2.70. The Morgan fingerprint density at radius 3 is 3.00 bits per heavy atom. The van der Waals surface area contributed by atoms with Crippen LogP contribution in [0.2, 0.25) is 0 Å². The molecule has 1 aromatic rings. The van der Waals surface area contributed by atoms with Crippen LogP contribution < -0.4 is 5.32 Å². The van der Waals surface area contributed by atoms with Gasteiger partial charge in [0, 0.05) is 6.54 Å². The Morgan fingerprint density at radius 1 is 1.60 bits per heavy atom. The molecule has 1 heterocycles. The molecule has 0 spiro atoms. The van der Waals surface area contributed by atoms with Crippen LogP contribution in [0.3, 0.4) is 0 Å². The van der Waals surface area contributed by atoms with Crippen molar-refractivity contribution >= 4 is 17.7 Å². The van der Waals surface area contributed by atoms with Gasteiger partial charge in [-0.3, -0.25) is 4.79 Å². The maximum atomic E-state index is 11.8. The molecule has 112 valence electrons. The van der Waals surface area contributed by atoms with Gasteiger partial charge in [-0.1, -0.05) is 25.1 Å². The predicted octanol–water partition coefficient (Wildman–Crippen LogP) is 0.767. The Hall–Kier alpha value is -1.15. The number of nitrogens with one attached hydrogen (secondary N) is 1. The van der Waals surface area contributed by atoms with Gasteiger partial charge in [0.25, 0.3) is 0 Å². The monoisotopic (exact) mass is 299 g/mol. The highest BCUT2D eigenvalue weighted by atomic mass is 32.2. The number of hydrogen-bond donors (Lipinski definition) is 2. The van der Waals surface area contributed by atoms with E-state index >= 15 is 0 Å². The zero-order valence-corrected chi connectivity index (χ0v) is 12.7. The molecule has 20 heavy (non-hydrogen) atoms. The smallest absolute Gasteiger partial charge is 0.230 e. The SMILES string of the molecule is CCCC(C)(O)CNC(=O)CSc1nnnn1C1CC1. The van der Waals surface area contributed by atoms with Crippen molar-refractivity contribution in [1.82, 2.24) is 25.5 Å². The number of aromatic nitrogens is 4. The van der Waals surface area contributed by atoms with Crippen LogP contribution in [0.1, 0.15) is 45.6 Å². The molecule has 0 aliphatic heterocycles. The molecule has 1 unspecified atom stereocenters. The maximum Gasteiger partial charge on any atom is 0.230 e. The van der Waals surface area contributed by atoms with E-state index in [1.807, 2.05) is 6.92 Å². The zero-order chi connectivity index (χ0) is 14.6. The summed E-state index contributed by atoms with van der Waals surface area (Å²) in [5.41, 5.74) is -0.843. The van der Waals surface area contributed by atoms with E-state index in [9.17, 15) is 9.90 Å².